The summed E-state index contributed by atoms with van der Waals surface area (Å²) in [6.07, 6.45) is 21.7. The van der Waals surface area contributed by atoms with Crippen LogP contribution >= 0.6 is 0 Å². The first kappa shape index (κ1) is 27.3. The molecule has 1 aromatic rings. The minimum atomic E-state index is -0.463. The van der Waals surface area contributed by atoms with E-state index in [1.54, 1.807) is 0 Å². The number of anilines is 1. The Labute approximate surface area is 190 Å². The van der Waals surface area contributed by atoms with Crippen LogP contribution in [0.2, 0.25) is 0 Å². The van der Waals surface area contributed by atoms with E-state index in [0.717, 1.165) is 6.42 Å². The number of nitrogens with zero attached hydrogens (tertiary/aromatic N) is 1. The number of carbonyl (C=O) groups is 1. The van der Waals surface area contributed by atoms with E-state index < -0.39 is 5.91 Å². The maximum atomic E-state index is 11.1. The lowest BCUT2D eigenvalue weighted by Gasteiger charge is -2.20. The largest absolute Gasteiger partial charge is 0.491 e. The number of hydrogen-bond donors (Lipinski definition) is 2. The first-order chi connectivity index (χ1) is 15.1. The van der Waals surface area contributed by atoms with Gasteiger partial charge in [-0.2, -0.15) is 0 Å². The molecule has 0 saturated carbocycles. The molecular formula is C26H47N3O2. The van der Waals surface area contributed by atoms with Crippen molar-refractivity contribution in [1.82, 2.24) is 0 Å². The van der Waals surface area contributed by atoms with Crippen molar-refractivity contribution in [1.29, 1.82) is 0 Å². The zero-order valence-electron chi connectivity index (χ0n) is 20.0. The first-order valence-electron chi connectivity index (χ1n) is 12.7. The molecule has 5 nitrogen and oxygen atoms in total. The summed E-state index contributed by atoms with van der Waals surface area (Å²) in [7, 11) is 0. The van der Waals surface area contributed by atoms with E-state index in [0.29, 0.717) is 18.0 Å². The maximum Gasteiger partial charge on any atom is 0.238 e. The molecule has 0 radical (unpaired) electrons. The first-order valence-corrected chi connectivity index (χ1v) is 12.7. The lowest BCUT2D eigenvalue weighted by molar-refractivity contribution is -0.116. The van der Waals surface area contributed by atoms with Gasteiger partial charge in [0.15, 0.2) is 0 Å². The van der Waals surface area contributed by atoms with Crippen LogP contribution < -0.4 is 21.3 Å². The molecule has 0 aliphatic rings. The van der Waals surface area contributed by atoms with Gasteiger partial charge in [-0.3, -0.25) is 9.80 Å². The number of para-hydroxylation sites is 2. The Hall–Kier alpha value is -1.75. The number of carbonyl (C=O) groups excluding carboxylic acids is 1. The van der Waals surface area contributed by atoms with Gasteiger partial charge in [-0.05, 0) is 18.6 Å². The molecule has 0 aliphatic heterocycles. The van der Waals surface area contributed by atoms with Gasteiger partial charge in [0.25, 0.3) is 0 Å². The van der Waals surface area contributed by atoms with Crippen molar-refractivity contribution < 1.29 is 9.53 Å². The summed E-state index contributed by atoms with van der Waals surface area (Å²) in [4.78, 5) is 11.1. The Morgan fingerprint density at radius 1 is 0.774 bits per heavy atom. The molecule has 0 spiro atoms. The van der Waals surface area contributed by atoms with Crippen LogP contribution in [0.25, 0.3) is 0 Å². The molecule has 1 rings (SSSR count). The van der Waals surface area contributed by atoms with Crippen molar-refractivity contribution in [2.75, 3.05) is 18.2 Å². The fraction of sp³-hybridized carbons (Fsp3) is 0.731. The molecule has 0 fully saturated rings. The minimum absolute atomic E-state index is 0.0284. The predicted octanol–water partition coefficient (Wildman–Crippen LogP) is 6.49. The second-order valence-corrected chi connectivity index (χ2v) is 8.71. The Kier molecular flexibility index (Phi) is 16.7. The van der Waals surface area contributed by atoms with E-state index in [1.165, 1.54) is 101 Å². The van der Waals surface area contributed by atoms with E-state index >= 15 is 0 Å². The number of primary amides is 1. The molecule has 0 bridgehead atoms. The van der Waals surface area contributed by atoms with Crippen molar-refractivity contribution in [3.63, 3.8) is 0 Å². The summed E-state index contributed by atoms with van der Waals surface area (Å²) in [6, 6.07) is 7.50. The minimum Gasteiger partial charge on any atom is -0.491 e. The summed E-state index contributed by atoms with van der Waals surface area (Å²) in [5, 5.41) is 1.34. The quantitative estimate of drug-likeness (QED) is 0.132. The molecule has 0 saturated heterocycles. The molecule has 0 atom stereocenters. The molecule has 31 heavy (non-hydrogen) atoms. The number of nitrogens with two attached hydrogens (primary N) is 2. The van der Waals surface area contributed by atoms with E-state index in [-0.39, 0.29) is 6.54 Å². The molecular weight excluding hydrogens is 386 g/mol. The van der Waals surface area contributed by atoms with Gasteiger partial charge in [0.2, 0.25) is 5.91 Å². The molecule has 178 valence electrons. The van der Waals surface area contributed by atoms with Gasteiger partial charge < -0.3 is 10.5 Å². The van der Waals surface area contributed by atoms with Gasteiger partial charge in [0, 0.05) is 0 Å². The van der Waals surface area contributed by atoms with Crippen LogP contribution in [0.5, 0.6) is 5.75 Å². The third-order valence-electron chi connectivity index (χ3n) is 5.76. The summed E-state index contributed by atoms with van der Waals surface area (Å²) >= 11 is 0. The van der Waals surface area contributed by atoms with Crippen molar-refractivity contribution in [2.45, 2.75) is 110 Å². The van der Waals surface area contributed by atoms with Gasteiger partial charge in [0.1, 0.15) is 12.3 Å². The highest BCUT2D eigenvalue weighted by atomic mass is 16.5. The Bertz CT molecular complexity index is 565. The van der Waals surface area contributed by atoms with Crippen molar-refractivity contribution in [2.24, 2.45) is 11.6 Å². The number of amides is 1. The normalized spacial score (nSPS) is 10.9. The van der Waals surface area contributed by atoms with E-state index in [9.17, 15) is 4.79 Å². The van der Waals surface area contributed by atoms with E-state index in [1.807, 2.05) is 24.3 Å². The summed E-state index contributed by atoms with van der Waals surface area (Å²) < 4.78 is 5.89. The van der Waals surface area contributed by atoms with E-state index in [2.05, 4.69) is 6.92 Å². The van der Waals surface area contributed by atoms with Gasteiger partial charge in [-0.15, -0.1) is 0 Å². The van der Waals surface area contributed by atoms with Crippen molar-refractivity contribution >= 4 is 11.6 Å². The van der Waals surface area contributed by atoms with Crippen LogP contribution in [-0.2, 0) is 4.79 Å². The molecule has 0 unspecified atom stereocenters. The van der Waals surface area contributed by atoms with Crippen LogP contribution in [0.1, 0.15) is 110 Å². The van der Waals surface area contributed by atoms with Crippen LogP contribution in [-0.4, -0.2) is 19.1 Å². The Balaban J connectivity index is 1.94. The lowest BCUT2D eigenvalue weighted by Crippen LogP contribution is -2.39. The average Bonchev–Trinajstić information content (AvgIpc) is 2.75. The summed E-state index contributed by atoms with van der Waals surface area (Å²) in [5.41, 5.74) is 5.92. The van der Waals surface area contributed by atoms with Crippen LogP contribution in [0.3, 0.4) is 0 Å². The summed E-state index contributed by atoms with van der Waals surface area (Å²) in [5.74, 6) is 6.15. The monoisotopic (exact) mass is 433 g/mol. The molecule has 0 heterocycles. The predicted molar refractivity (Wildman–Crippen MR) is 132 cm³/mol. The average molecular weight is 434 g/mol. The highest BCUT2D eigenvalue weighted by Gasteiger charge is 2.10. The smallest absolute Gasteiger partial charge is 0.238 e. The maximum absolute atomic E-state index is 11.1. The van der Waals surface area contributed by atoms with Gasteiger partial charge in [-0.1, -0.05) is 115 Å². The van der Waals surface area contributed by atoms with Crippen molar-refractivity contribution in [3.05, 3.63) is 24.3 Å². The number of hydrazine groups is 1. The fourth-order valence-electron chi connectivity index (χ4n) is 3.90. The second kappa shape index (κ2) is 19.0. The molecule has 5 heteroatoms. The number of unbranched alkanes of at least 4 members (excludes halogenated alkanes) is 15. The standard InChI is InChI=1S/C26H47N3O2/c1-2-3-4-5-6-7-8-9-10-11-12-13-14-15-16-19-22-31-25-21-18-17-20-24(25)29(28)23-26(27)30/h17-18,20-21H,2-16,19,22-23,28H2,1H3,(H2,27,30). The zero-order valence-corrected chi connectivity index (χ0v) is 20.0. The molecule has 0 aliphatic carbocycles. The van der Waals surface area contributed by atoms with Gasteiger partial charge in [-0.25, -0.2) is 5.84 Å². The van der Waals surface area contributed by atoms with Crippen LogP contribution in [0.15, 0.2) is 24.3 Å². The molecule has 1 aromatic carbocycles. The number of rotatable bonds is 21. The summed E-state index contributed by atoms with van der Waals surface area (Å²) in [6.45, 7) is 2.92. The lowest BCUT2D eigenvalue weighted by atomic mass is 10.0. The second-order valence-electron chi connectivity index (χ2n) is 8.71. The van der Waals surface area contributed by atoms with Gasteiger partial charge in [0.05, 0.1) is 12.3 Å². The number of ether oxygens (including phenoxy) is 1. The van der Waals surface area contributed by atoms with Crippen LogP contribution in [0, 0.1) is 0 Å². The Morgan fingerprint density at radius 2 is 1.23 bits per heavy atom. The number of benzene rings is 1. The third-order valence-corrected chi connectivity index (χ3v) is 5.76. The topological polar surface area (TPSA) is 81.6 Å². The highest BCUT2D eigenvalue weighted by molar-refractivity contribution is 5.79. The van der Waals surface area contributed by atoms with E-state index in [4.69, 9.17) is 16.3 Å². The zero-order chi connectivity index (χ0) is 22.6. The Morgan fingerprint density at radius 3 is 1.71 bits per heavy atom. The highest BCUT2D eigenvalue weighted by Crippen LogP contribution is 2.26. The molecule has 1 amide bonds. The number of hydrogen-bond acceptors (Lipinski definition) is 4. The molecule has 4 N–H and O–H groups in total. The van der Waals surface area contributed by atoms with Gasteiger partial charge >= 0.3 is 0 Å². The fourth-order valence-corrected chi connectivity index (χ4v) is 3.90. The van der Waals surface area contributed by atoms with Crippen LogP contribution in [0.4, 0.5) is 5.69 Å². The SMILES string of the molecule is CCCCCCCCCCCCCCCCCCOc1ccccc1N(N)CC(N)=O. The third kappa shape index (κ3) is 14.8. The molecule has 0 aromatic heterocycles. The van der Waals surface area contributed by atoms with Crippen molar-refractivity contribution in [3.8, 4) is 5.75 Å².